The number of rotatable bonds is 2. The zero-order valence-electron chi connectivity index (χ0n) is 14.9. The Morgan fingerprint density at radius 2 is 1.18 bits per heavy atom. The molecule has 0 bridgehead atoms. The third-order valence-electron chi connectivity index (χ3n) is 5.15. The molecule has 3 heteroatoms. The Balaban J connectivity index is 1.64. The highest BCUT2D eigenvalue weighted by Crippen LogP contribution is 2.39. The molecule has 6 aromatic rings. The minimum atomic E-state index is 0.616. The maximum atomic E-state index is 6.24. The minimum absolute atomic E-state index is 0.616. The Kier molecular flexibility index (Phi) is 3.17. The van der Waals surface area contributed by atoms with Crippen molar-refractivity contribution in [3.05, 3.63) is 91.0 Å². The van der Waals surface area contributed by atoms with E-state index in [4.69, 9.17) is 13.8 Å². The van der Waals surface area contributed by atoms with Crippen molar-refractivity contribution >= 4 is 33.0 Å². The summed E-state index contributed by atoms with van der Waals surface area (Å²) in [6.07, 6.45) is 0. The number of furan rings is 1. The van der Waals surface area contributed by atoms with E-state index < -0.39 is 0 Å². The van der Waals surface area contributed by atoms with Crippen LogP contribution < -0.4 is 0 Å². The highest BCUT2D eigenvalue weighted by atomic mass is 16.3. The lowest BCUT2D eigenvalue weighted by Gasteiger charge is -2.07. The van der Waals surface area contributed by atoms with Crippen LogP contribution in [-0.4, -0.2) is 4.98 Å². The molecule has 6 rings (SSSR count). The van der Waals surface area contributed by atoms with Gasteiger partial charge < -0.3 is 8.83 Å². The summed E-state index contributed by atoms with van der Waals surface area (Å²) in [5, 5.41) is 2.24. The van der Waals surface area contributed by atoms with Gasteiger partial charge in [-0.15, -0.1) is 0 Å². The van der Waals surface area contributed by atoms with Crippen molar-refractivity contribution < 1.29 is 8.83 Å². The Morgan fingerprint density at radius 1 is 0.500 bits per heavy atom. The van der Waals surface area contributed by atoms with Gasteiger partial charge in [-0.3, -0.25) is 0 Å². The van der Waals surface area contributed by atoms with Gasteiger partial charge in [0, 0.05) is 21.9 Å². The first-order valence-electron chi connectivity index (χ1n) is 9.24. The smallest absolute Gasteiger partial charge is 0.227 e. The van der Waals surface area contributed by atoms with Gasteiger partial charge in [-0.1, -0.05) is 66.7 Å². The molecule has 0 radical (unpaired) electrons. The third-order valence-corrected chi connectivity index (χ3v) is 5.15. The highest BCUT2D eigenvalue weighted by Gasteiger charge is 2.17. The summed E-state index contributed by atoms with van der Waals surface area (Å²) in [5.74, 6) is 0.616. The number of para-hydroxylation sites is 4. The minimum Gasteiger partial charge on any atom is -0.455 e. The van der Waals surface area contributed by atoms with Crippen LogP contribution in [0.1, 0.15) is 0 Å². The van der Waals surface area contributed by atoms with Gasteiger partial charge in [0.05, 0.1) is 0 Å². The summed E-state index contributed by atoms with van der Waals surface area (Å²) in [7, 11) is 0. The van der Waals surface area contributed by atoms with E-state index in [1.165, 1.54) is 0 Å². The van der Waals surface area contributed by atoms with Gasteiger partial charge in [0.25, 0.3) is 0 Å². The van der Waals surface area contributed by atoms with E-state index in [0.29, 0.717) is 5.89 Å². The molecule has 0 saturated heterocycles. The second kappa shape index (κ2) is 5.83. The first-order valence-corrected chi connectivity index (χ1v) is 9.24. The number of hydrogen-bond donors (Lipinski definition) is 0. The molecule has 132 valence electrons. The number of aromatic nitrogens is 1. The number of hydrogen-bond acceptors (Lipinski definition) is 3. The van der Waals surface area contributed by atoms with Crippen LogP contribution in [0.15, 0.2) is 99.8 Å². The van der Waals surface area contributed by atoms with Crippen molar-refractivity contribution in [2.45, 2.75) is 0 Å². The molecule has 0 N–H and O–H groups in total. The van der Waals surface area contributed by atoms with Crippen LogP contribution in [0.5, 0.6) is 0 Å². The van der Waals surface area contributed by atoms with Crippen molar-refractivity contribution in [3.8, 4) is 22.6 Å². The molecule has 2 heterocycles. The van der Waals surface area contributed by atoms with E-state index in [0.717, 1.165) is 49.7 Å². The normalized spacial score (nSPS) is 11.6. The van der Waals surface area contributed by atoms with E-state index in [2.05, 4.69) is 30.3 Å². The Bertz CT molecular complexity index is 1440. The average Bonchev–Trinajstić information content (AvgIpc) is 3.35. The Morgan fingerprint density at radius 3 is 2.07 bits per heavy atom. The number of fused-ring (bicyclic) bond motifs is 4. The summed E-state index contributed by atoms with van der Waals surface area (Å²) in [4.78, 5) is 4.69. The predicted octanol–water partition coefficient (Wildman–Crippen LogP) is 7.06. The van der Waals surface area contributed by atoms with Crippen LogP contribution in [0.3, 0.4) is 0 Å². The van der Waals surface area contributed by atoms with Gasteiger partial charge >= 0.3 is 0 Å². The average molecular weight is 361 g/mol. The van der Waals surface area contributed by atoms with Crippen LogP contribution in [0.4, 0.5) is 0 Å². The van der Waals surface area contributed by atoms with Crippen molar-refractivity contribution in [2.75, 3.05) is 0 Å². The zero-order valence-corrected chi connectivity index (χ0v) is 14.9. The van der Waals surface area contributed by atoms with Crippen LogP contribution in [0.2, 0.25) is 0 Å². The Hall–Kier alpha value is -3.85. The molecule has 0 spiro atoms. The number of benzene rings is 4. The fraction of sp³-hybridized carbons (Fsp3) is 0. The fourth-order valence-corrected chi connectivity index (χ4v) is 3.85. The van der Waals surface area contributed by atoms with Crippen molar-refractivity contribution in [3.63, 3.8) is 0 Å². The lowest BCUT2D eigenvalue weighted by atomic mass is 9.97. The molecule has 0 aliphatic rings. The maximum Gasteiger partial charge on any atom is 0.227 e. The van der Waals surface area contributed by atoms with E-state index in [9.17, 15) is 0 Å². The van der Waals surface area contributed by atoms with Gasteiger partial charge in [-0.25, -0.2) is 4.98 Å². The van der Waals surface area contributed by atoms with Gasteiger partial charge in [-0.05, 0) is 29.8 Å². The number of oxazole rings is 1. The first kappa shape index (κ1) is 15.2. The summed E-state index contributed by atoms with van der Waals surface area (Å²) in [5.41, 5.74) is 6.44. The zero-order chi connectivity index (χ0) is 18.5. The van der Waals surface area contributed by atoms with Crippen molar-refractivity contribution in [2.24, 2.45) is 0 Å². The Labute approximate surface area is 160 Å². The van der Waals surface area contributed by atoms with Crippen LogP contribution in [0, 0.1) is 0 Å². The second-order valence-electron chi connectivity index (χ2n) is 6.81. The van der Waals surface area contributed by atoms with Crippen molar-refractivity contribution in [1.29, 1.82) is 0 Å². The van der Waals surface area contributed by atoms with Crippen LogP contribution in [-0.2, 0) is 0 Å². The maximum absolute atomic E-state index is 6.24. The van der Waals surface area contributed by atoms with Gasteiger partial charge in [0.1, 0.15) is 16.7 Å². The quantitative estimate of drug-likeness (QED) is 0.331. The molecule has 0 unspecified atom stereocenters. The van der Waals surface area contributed by atoms with E-state index in [1.807, 2.05) is 60.7 Å². The van der Waals surface area contributed by atoms with Gasteiger partial charge in [-0.2, -0.15) is 0 Å². The van der Waals surface area contributed by atoms with E-state index >= 15 is 0 Å². The van der Waals surface area contributed by atoms with Crippen molar-refractivity contribution in [1.82, 2.24) is 4.98 Å². The largest absolute Gasteiger partial charge is 0.455 e. The molecule has 0 aliphatic heterocycles. The highest BCUT2D eigenvalue weighted by molar-refractivity contribution is 6.10. The van der Waals surface area contributed by atoms with E-state index in [-0.39, 0.29) is 0 Å². The molecule has 2 aromatic heterocycles. The monoisotopic (exact) mass is 361 g/mol. The molecule has 0 saturated carbocycles. The molecule has 0 aliphatic carbocycles. The summed E-state index contributed by atoms with van der Waals surface area (Å²) in [6, 6.07) is 30.4. The molecule has 28 heavy (non-hydrogen) atoms. The summed E-state index contributed by atoms with van der Waals surface area (Å²) < 4.78 is 12.3. The molecule has 0 atom stereocenters. The molecule has 3 nitrogen and oxygen atoms in total. The first-order chi connectivity index (χ1) is 13.9. The molecule has 0 fully saturated rings. The van der Waals surface area contributed by atoms with E-state index in [1.54, 1.807) is 0 Å². The third kappa shape index (κ3) is 2.20. The lowest BCUT2D eigenvalue weighted by molar-refractivity contribution is 0.620. The van der Waals surface area contributed by atoms with Crippen LogP contribution in [0.25, 0.3) is 55.6 Å². The molecule has 4 aromatic carbocycles. The topological polar surface area (TPSA) is 39.2 Å². The molecular formula is C25H15NO2. The SMILES string of the molecule is c1ccc(-c2cccc3c2oc2ccccc23)c(-c2nc3ccccc3o2)c1. The van der Waals surface area contributed by atoms with Crippen LogP contribution >= 0.6 is 0 Å². The summed E-state index contributed by atoms with van der Waals surface area (Å²) in [6.45, 7) is 0. The lowest BCUT2D eigenvalue weighted by Crippen LogP contribution is -1.85. The van der Waals surface area contributed by atoms with Gasteiger partial charge in [0.15, 0.2) is 5.58 Å². The fourth-order valence-electron chi connectivity index (χ4n) is 3.85. The molecule has 0 amide bonds. The standard InChI is InChI=1S/C25H15NO2/c1-2-10-20(25-26-21-13-4-6-15-23(21)28-25)16(8-1)18-11-7-12-19-17-9-3-5-14-22(17)27-24(18)19/h1-15H. The second-order valence-corrected chi connectivity index (χ2v) is 6.81. The van der Waals surface area contributed by atoms with Gasteiger partial charge in [0.2, 0.25) is 5.89 Å². The number of nitrogens with zero attached hydrogens (tertiary/aromatic N) is 1. The predicted molar refractivity (Wildman–Crippen MR) is 112 cm³/mol. The summed E-state index contributed by atoms with van der Waals surface area (Å²) >= 11 is 0. The molecular weight excluding hydrogens is 346 g/mol.